The highest BCUT2D eigenvalue weighted by Crippen LogP contribution is 2.26. The average molecular weight is 225 g/mol. The van der Waals surface area contributed by atoms with Gasteiger partial charge in [0.15, 0.2) is 0 Å². The maximum atomic E-state index is 11.8. The molecule has 1 rings (SSSR count). The van der Waals surface area contributed by atoms with Gasteiger partial charge in [-0.2, -0.15) is 0 Å². The summed E-state index contributed by atoms with van der Waals surface area (Å²) in [7, 11) is 0. The van der Waals surface area contributed by atoms with E-state index in [9.17, 15) is 4.79 Å². The quantitative estimate of drug-likeness (QED) is 0.703. The van der Waals surface area contributed by atoms with Gasteiger partial charge in [-0.1, -0.05) is 52.4 Å². The predicted molar refractivity (Wildman–Crippen MR) is 68.6 cm³/mol. The first-order chi connectivity index (χ1) is 7.77. The third kappa shape index (κ3) is 4.65. The van der Waals surface area contributed by atoms with E-state index in [1.54, 1.807) is 0 Å². The van der Waals surface area contributed by atoms with Crippen LogP contribution in [0, 0.1) is 5.92 Å². The van der Waals surface area contributed by atoms with Gasteiger partial charge < -0.3 is 5.32 Å². The number of nitrogens with one attached hydrogen (secondary N) is 1. The molecule has 16 heavy (non-hydrogen) atoms. The number of carbonyl (C=O) groups excluding carboxylic acids is 1. The van der Waals surface area contributed by atoms with E-state index in [0.29, 0.717) is 12.2 Å². The third-order valence-corrected chi connectivity index (χ3v) is 3.73. The smallest absolute Gasteiger partial charge is 0.149 e. The molecule has 0 heterocycles. The highest BCUT2D eigenvalue weighted by molar-refractivity contribution is 5.83. The summed E-state index contributed by atoms with van der Waals surface area (Å²) < 4.78 is 0. The van der Waals surface area contributed by atoms with Crippen molar-refractivity contribution in [3.8, 4) is 0 Å². The Hall–Kier alpha value is -0.370. The molecule has 0 aromatic carbocycles. The van der Waals surface area contributed by atoms with E-state index in [-0.39, 0.29) is 6.04 Å². The molecule has 1 unspecified atom stereocenters. The van der Waals surface area contributed by atoms with Crippen molar-refractivity contribution in [3.63, 3.8) is 0 Å². The number of ketones is 1. The van der Waals surface area contributed by atoms with Crippen molar-refractivity contribution in [1.82, 2.24) is 5.32 Å². The molecule has 0 amide bonds. The maximum absolute atomic E-state index is 11.8. The van der Waals surface area contributed by atoms with Gasteiger partial charge in [-0.15, -0.1) is 0 Å². The van der Waals surface area contributed by atoms with Gasteiger partial charge in [0.2, 0.25) is 0 Å². The normalized spacial score (nSPS) is 20.4. The molecular formula is C14H27NO. The molecular weight excluding hydrogens is 198 g/mol. The van der Waals surface area contributed by atoms with Crippen molar-refractivity contribution >= 4 is 5.78 Å². The highest BCUT2D eigenvalue weighted by Gasteiger charge is 2.21. The summed E-state index contributed by atoms with van der Waals surface area (Å²) in [5.74, 6) is 1.17. The van der Waals surface area contributed by atoms with Crippen molar-refractivity contribution in [1.29, 1.82) is 0 Å². The summed E-state index contributed by atoms with van der Waals surface area (Å²) in [6.45, 7) is 4.96. The van der Waals surface area contributed by atoms with Crippen molar-refractivity contribution in [2.75, 3.05) is 6.54 Å². The molecule has 2 heteroatoms. The van der Waals surface area contributed by atoms with Gasteiger partial charge in [-0.05, 0) is 18.9 Å². The summed E-state index contributed by atoms with van der Waals surface area (Å²) in [4.78, 5) is 11.8. The molecule has 0 bridgehead atoms. The second-order valence-corrected chi connectivity index (χ2v) is 5.02. The molecule has 1 N–H and O–H groups in total. The Kier molecular flexibility index (Phi) is 6.70. The molecule has 2 nitrogen and oxygen atoms in total. The lowest BCUT2D eigenvalue weighted by atomic mass is 9.90. The molecule has 0 spiro atoms. The van der Waals surface area contributed by atoms with Crippen LogP contribution in [-0.2, 0) is 4.79 Å². The van der Waals surface area contributed by atoms with Crippen molar-refractivity contribution in [2.24, 2.45) is 5.92 Å². The van der Waals surface area contributed by atoms with E-state index in [4.69, 9.17) is 0 Å². The van der Waals surface area contributed by atoms with Crippen LogP contribution in [0.1, 0.15) is 65.2 Å². The minimum atomic E-state index is 0.123. The lowest BCUT2D eigenvalue weighted by Crippen LogP contribution is -2.38. The largest absolute Gasteiger partial charge is 0.308 e. The van der Waals surface area contributed by atoms with E-state index < -0.39 is 0 Å². The second-order valence-electron chi connectivity index (χ2n) is 5.02. The fraction of sp³-hybridized carbons (Fsp3) is 0.929. The highest BCUT2D eigenvalue weighted by atomic mass is 16.1. The lowest BCUT2D eigenvalue weighted by molar-refractivity contribution is -0.121. The van der Waals surface area contributed by atoms with Gasteiger partial charge in [-0.3, -0.25) is 4.79 Å². The van der Waals surface area contributed by atoms with Crippen LogP contribution in [0.4, 0.5) is 0 Å². The minimum Gasteiger partial charge on any atom is -0.308 e. The molecule has 0 radical (unpaired) electrons. The molecule has 1 aliphatic carbocycles. The standard InChI is InChI=1S/C14H27NO/c1-3-14(16)13(15-4-2)11-12-9-7-5-6-8-10-12/h12-13,15H,3-11H2,1-2H3. The fourth-order valence-electron chi connectivity index (χ4n) is 2.75. The van der Waals surface area contributed by atoms with Gasteiger partial charge in [0.25, 0.3) is 0 Å². The van der Waals surface area contributed by atoms with Crippen LogP contribution >= 0.6 is 0 Å². The molecule has 1 saturated carbocycles. The van der Waals surface area contributed by atoms with E-state index in [2.05, 4.69) is 12.2 Å². The fourth-order valence-corrected chi connectivity index (χ4v) is 2.75. The maximum Gasteiger partial charge on any atom is 0.149 e. The van der Waals surface area contributed by atoms with Crippen LogP contribution in [0.15, 0.2) is 0 Å². The summed E-state index contributed by atoms with van der Waals surface area (Å²) in [5.41, 5.74) is 0. The number of Topliss-reactive ketones (excluding diaryl/α,β-unsaturated/α-hetero) is 1. The second kappa shape index (κ2) is 7.83. The first kappa shape index (κ1) is 13.7. The molecule has 1 aliphatic rings. The zero-order chi connectivity index (χ0) is 11.8. The van der Waals surface area contributed by atoms with E-state index in [1.807, 2.05) is 6.92 Å². The molecule has 0 saturated heterocycles. The average Bonchev–Trinajstić information content (AvgIpc) is 2.56. The summed E-state index contributed by atoms with van der Waals surface area (Å²) >= 11 is 0. The molecule has 94 valence electrons. The van der Waals surface area contributed by atoms with Crippen LogP contribution < -0.4 is 5.32 Å². The van der Waals surface area contributed by atoms with Crippen LogP contribution in [0.5, 0.6) is 0 Å². The summed E-state index contributed by atoms with van der Waals surface area (Å²) in [6, 6.07) is 0.123. The van der Waals surface area contributed by atoms with Crippen LogP contribution in [-0.4, -0.2) is 18.4 Å². The van der Waals surface area contributed by atoms with Crippen molar-refractivity contribution in [3.05, 3.63) is 0 Å². The van der Waals surface area contributed by atoms with Crippen LogP contribution in [0.3, 0.4) is 0 Å². The molecule has 1 fully saturated rings. The van der Waals surface area contributed by atoms with E-state index in [0.717, 1.165) is 18.9 Å². The first-order valence-corrected chi connectivity index (χ1v) is 7.04. The van der Waals surface area contributed by atoms with E-state index in [1.165, 1.54) is 38.5 Å². The number of hydrogen-bond acceptors (Lipinski definition) is 2. The SMILES string of the molecule is CCNC(CC1CCCCCC1)C(=O)CC. The number of rotatable bonds is 6. The monoisotopic (exact) mass is 225 g/mol. The van der Waals surface area contributed by atoms with E-state index >= 15 is 0 Å². The number of likely N-dealkylation sites (N-methyl/N-ethyl adjacent to an activating group) is 1. The van der Waals surface area contributed by atoms with Gasteiger partial charge in [0, 0.05) is 6.42 Å². The topological polar surface area (TPSA) is 29.1 Å². The Balaban J connectivity index is 2.42. The Morgan fingerprint density at radius 2 is 1.81 bits per heavy atom. The van der Waals surface area contributed by atoms with Crippen LogP contribution in [0.2, 0.25) is 0 Å². The molecule has 0 aromatic rings. The number of carbonyl (C=O) groups is 1. The van der Waals surface area contributed by atoms with Gasteiger partial charge >= 0.3 is 0 Å². The summed E-state index contributed by atoms with van der Waals surface area (Å²) in [5, 5.41) is 3.35. The third-order valence-electron chi connectivity index (χ3n) is 3.73. The zero-order valence-corrected chi connectivity index (χ0v) is 10.9. The Bertz CT molecular complexity index is 195. The van der Waals surface area contributed by atoms with Gasteiger partial charge in [0.1, 0.15) is 5.78 Å². The summed E-state index contributed by atoms with van der Waals surface area (Å²) in [6.07, 6.45) is 9.92. The minimum absolute atomic E-state index is 0.123. The Labute approximate surface area is 100 Å². The predicted octanol–water partition coefficient (Wildman–Crippen LogP) is 3.30. The van der Waals surface area contributed by atoms with Gasteiger partial charge in [0.05, 0.1) is 6.04 Å². The van der Waals surface area contributed by atoms with Crippen LogP contribution in [0.25, 0.3) is 0 Å². The molecule has 1 atom stereocenters. The van der Waals surface area contributed by atoms with Gasteiger partial charge in [-0.25, -0.2) is 0 Å². The first-order valence-electron chi connectivity index (χ1n) is 7.04. The zero-order valence-electron chi connectivity index (χ0n) is 10.9. The number of hydrogen-bond donors (Lipinski definition) is 1. The van der Waals surface area contributed by atoms with Crippen molar-refractivity contribution < 1.29 is 4.79 Å². The van der Waals surface area contributed by atoms with Crippen molar-refractivity contribution in [2.45, 2.75) is 71.3 Å². The Morgan fingerprint density at radius 3 is 2.31 bits per heavy atom. The molecule has 0 aliphatic heterocycles. The lowest BCUT2D eigenvalue weighted by Gasteiger charge is -2.22. The molecule has 0 aromatic heterocycles. The Morgan fingerprint density at radius 1 is 1.19 bits per heavy atom.